The van der Waals surface area contributed by atoms with Crippen molar-refractivity contribution in [2.45, 2.75) is 6.54 Å². The van der Waals surface area contributed by atoms with Gasteiger partial charge in [-0.1, -0.05) is 59.8 Å². The minimum Gasteiger partial charge on any atom is -0.338 e. The van der Waals surface area contributed by atoms with Crippen LogP contribution in [-0.4, -0.2) is 57.6 Å². The normalized spacial score (nSPS) is 15.6. The second-order valence-electron chi connectivity index (χ2n) is 7.21. The van der Waals surface area contributed by atoms with Crippen LogP contribution in [0.15, 0.2) is 65.2 Å². The van der Waals surface area contributed by atoms with E-state index in [4.69, 9.17) is 4.52 Å². The lowest BCUT2D eigenvalue weighted by molar-refractivity contribution is -0.384. The third-order valence-corrected chi connectivity index (χ3v) is 5.08. The summed E-state index contributed by atoms with van der Waals surface area (Å²) in [6.45, 7) is 5.31. The summed E-state index contributed by atoms with van der Waals surface area (Å²) in [6, 6.07) is 16.6. The topological polar surface area (TPSA) is 88.5 Å². The highest BCUT2D eigenvalue weighted by atomic mass is 16.6. The number of nitrogens with zero attached hydrogens (tertiary/aromatic N) is 5. The molecule has 0 saturated carbocycles. The van der Waals surface area contributed by atoms with Gasteiger partial charge in [-0.15, -0.1) is 0 Å². The predicted octanol–water partition coefficient (Wildman–Crippen LogP) is 3.48. The first-order valence-electron chi connectivity index (χ1n) is 9.91. The molecule has 1 aliphatic heterocycles. The van der Waals surface area contributed by atoms with Crippen molar-refractivity contribution in [2.24, 2.45) is 0 Å². The average molecular weight is 405 g/mol. The fourth-order valence-corrected chi connectivity index (χ4v) is 3.42. The van der Waals surface area contributed by atoms with Gasteiger partial charge in [-0.25, -0.2) is 0 Å². The Morgan fingerprint density at radius 1 is 1.03 bits per heavy atom. The van der Waals surface area contributed by atoms with E-state index in [0.29, 0.717) is 23.8 Å². The molecule has 8 heteroatoms. The monoisotopic (exact) mass is 405 g/mol. The van der Waals surface area contributed by atoms with Crippen LogP contribution < -0.4 is 0 Å². The van der Waals surface area contributed by atoms with Gasteiger partial charge in [0.25, 0.3) is 5.69 Å². The molecule has 1 fully saturated rings. The van der Waals surface area contributed by atoms with Crippen LogP contribution in [0.2, 0.25) is 0 Å². The van der Waals surface area contributed by atoms with Crippen molar-refractivity contribution >= 4 is 11.8 Å². The van der Waals surface area contributed by atoms with E-state index in [1.165, 1.54) is 17.7 Å². The molecule has 154 valence electrons. The summed E-state index contributed by atoms with van der Waals surface area (Å²) in [6.07, 6.45) is 4.36. The molecule has 30 heavy (non-hydrogen) atoms. The maximum Gasteiger partial charge on any atom is 0.270 e. The number of piperazine rings is 1. The zero-order valence-corrected chi connectivity index (χ0v) is 16.6. The van der Waals surface area contributed by atoms with E-state index < -0.39 is 4.92 Å². The molecule has 0 aliphatic carbocycles. The fraction of sp³-hybridized carbons (Fsp3) is 0.273. The molecule has 0 N–H and O–H groups in total. The zero-order chi connectivity index (χ0) is 20.8. The van der Waals surface area contributed by atoms with Gasteiger partial charge in [-0.05, 0) is 5.56 Å². The molecule has 0 atom stereocenters. The summed E-state index contributed by atoms with van der Waals surface area (Å²) in [5.74, 6) is 0.896. The third kappa shape index (κ3) is 5.16. The molecule has 1 saturated heterocycles. The van der Waals surface area contributed by atoms with Crippen molar-refractivity contribution in [1.29, 1.82) is 0 Å². The van der Waals surface area contributed by atoms with Gasteiger partial charge in [0, 0.05) is 50.4 Å². The summed E-state index contributed by atoms with van der Waals surface area (Å²) in [7, 11) is 0. The van der Waals surface area contributed by atoms with Crippen LogP contribution in [0.5, 0.6) is 0 Å². The summed E-state index contributed by atoms with van der Waals surface area (Å²) >= 11 is 0. The van der Waals surface area contributed by atoms with Gasteiger partial charge < -0.3 is 4.52 Å². The van der Waals surface area contributed by atoms with Gasteiger partial charge in [-0.2, -0.15) is 4.98 Å². The molecular formula is C22H23N5O3. The third-order valence-electron chi connectivity index (χ3n) is 5.08. The van der Waals surface area contributed by atoms with Crippen molar-refractivity contribution in [2.75, 3.05) is 32.7 Å². The SMILES string of the molecule is O=[N+]([O-])c1cccc(-c2noc(CN3CCN(C/C=C/c4ccccc4)CC3)n2)c1. The van der Waals surface area contributed by atoms with Crippen molar-refractivity contribution in [3.8, 4) is 11.4 Å². The number of hydrogen-bond donors (Lipinski definition) is 0. The Labute approximate surface area is 174 Å². The van der Waals surface area contributed by atoms with E-state index in [1.807, 2.05) is 18.2 Å². The van der Waals surface area contributed by atoms with Crippen LogP contribution in [0.1, 0.15) is 11.5 Å². The first-order valence-corrected chi connectivity index (χ1v) is 9.91. The molecule has 0 spiro atoms. The van der Waals surface area contributed by atoms with E-state index in [-0.39, 0.29) is 5.69 Å². The Bertz CT molecular complexity index is 1010. The molecule has 0 unspecified atom stereocenters. The van der Waals surface area contributed by atoms with Gasteiger partial charge >= 0.3 is 0 Å². The van der Waals surface area contributed by atoms with Crippen molar-refractivity contribution in [1.82, 2.24) is 19.9 Å². The molecule has 1 aromatic heterocycles. The van der Waals surface area contributed by atoms with E-state index >= 15 is 0 Å². The van der Waals surface area contributed by atoms with E-state index in [9.17, 15) is 10.1 Å². The summed E-state index contributed by atoms with van der Waals surface area (Å²) in [5, 5.41) is 14.9. The molecule has 0 bridgehead atoms. The molecule has 1 aliphatic rings. The number of hydrogen-bond acceptors (Lipinski definition) is 7. The quantitative estimate of drug-likeness (QED) is 0.439. The first-order chi connectivity index (χ1) is 14.7. The number of rotatable bonds is 7. The van der Waals surface area contributed by atoms with Crippen LogP contribution in [0.25, 0.3) is 17.5 Å². The summed E-state index contributed by atoms with van der Waals surface area (Å²) in [5.41, 5.74) is 1.80. The highest BCUT2D eigenvalue weighted by molar-refractivity contribution is 5.58. The number of non-ortho nitro benzene ring substituents is 1. The minimum atomic E-state index is -0.432. The fourth-order valence-electron chi connectivity index (χ4n) is 3.42. The van der Waals surface area contributed by atoms with Crippen LogP contribution in [-0.2, 0) is 6.54 Å². The second kappa shape index (κ2) is 9.43. The summed E-state index contributed by atoms with van der Waals surface area (Å²) in [4.78, 5) is 19.6. The molecule has 4 rings (SSSR count). The summed E-state index contributed by atoms with van der Waals surface area (Å²) < 4.78 is 5.37. The van der Waals surface area contributed by atoms with Crippen molar-refractivity contribution < 1.29 is 9.45 Å². The van der Waals surface area contributed by atoms with E-state index in [0.717, 1.165) is 32.7 Å². The maximum atomic E-state index is 10.9. The van der Waals surface area contributed by atoms with E-state index in [2.05, 4.69) is 44.2 Å². The first kappa shape index (κ1) is 19.9. The number of aromatic nitrogens is 2. The van der Waals surface area contributed by atoms with Gasteiger partial charge in [0.2, 0.25) is 11.7 Å². The molecule has 0 amide bonds. The molecule has 0 radical (unpaired) electrons. The van der Waals surface area contributed by atoms with Crippen LogP contribution in [0.3, 0.4) is 0 Å². The van der Waals surface area contributed by atoms with Crippen LogP contribution >= 0.6 is 0 Å². The van der Waals surface area contributed by atoms with Gasteiger partial charge in [0.15, 0.2) is 0 Å². The highest BCUT2D eigenvalue weighted by Gasteiger charge is 2.19. The predicted molar refractivity (Wildman–Crippen MR) is 114 cm³/mol. The largest absolute Gasteiger partial charge is 0.338 e. The van der Waals surface area contributed by atoms with Gasteiger partial charge in [-0.3, -0.25) is 19.9 Å². The standard InChI is InChI=1S/C22H23N5O3/c28-27(29)20-10-4-9-19(16-20)22-23-21(30-24-22)17-26-14-12-25(13-15-26)11-5-8-18-6-2-1-3-7-18/h1-10,16H,11-15,17H2/b8-5+. The Hall–Kier alpha value is -3.36. The lowest BCUT2D eigenvalue weighted by atomic mass is 10.2. The molecule has 8 nitrogen and oxygen atoms in total. The minimum absolute atomic E-state index is 0.0104. The molecule has 2 heterocycles. The molecular weight excluding hydrogens is 382 g/mol. The Morgan fingerprint density at radius 2 is 1.80 bits per heavy atom. The van der Waals surface area contributed by atoms with Crippen molar-refractivity contribution in [3.63, 3.8) is 0 Å². The van der Waals surface area contributed by atoms with E-state index in [1.54, 1.807) is 12.1 Å². The number of nitro groups is 1. The molecule has 3 aromatic rings. The second-order valence-corrected chi connectivity index (χ2v) is 7.21. The number of benzene rings is 2. The van der Waals surface area contributed by atoms with Gasteiger partial charge in [0.05, 0.1) is 11.5 Å². The smallest absolute Gasteiger partial charge is 0.270 e. The van der Waals surface area contributed by atoms with Crippen LogP contribution in [0.4, 0.5) is 5.69 Å². The average Bonchev–Trinajstić information content (AvgIpc) is 3.24. The maximum absolute atomic E-state index is 10.9. The van der Waals surface area contributed by atoms with Crippen LogP contribution in [0, 0.1) is 10.1 Å². The Morgan fingerprint density at radius 3 is 2.57 bits per heavy atom. The van der Waals surface area contributed by atoms with Gasteiger partial charge in [0.1, 0.15) is 0 Å². The highest BCUT2D eigenvalue weighted by Crippen LogP contribution is 2.21. The molecule has 2 aromatic carbocycles. The lowest BCUT2D eigenvalue weighted by Gasteiger charge is -2.33. The Kier molecular flexibility index (Phi) is 6.26. The number of nitro benzene ring substituents is 1. The zero-order valence-electron chi connectivity index (χ0n) is 16.6. The lowest BCUT2D eigenvalue weighted by Crippen LogP contribution is -2.45. The van der Waals surface area contributed by atoms with Crippen molar-refractivity contribution in [3.05, 3.63) is 82.2 Å². The Balaban J connectivity index is 1.27.